The average Bonchev–Trinajstić information content (AvgIpc) is 2.77. The molecule has 0 atom stereocenters. The molecule has 4 N–H and O–H groups in total. The molecule has 30 heavy (non-hydrogen) atoms. The first kappa shape index (κ1) is 22.9. The second kappa shape index (κ2) is 11.5. The molecule has 0 radical (unpaired) electrons. The van der Waals surface area contributed by atoms with Crippen LogP contribution in [0.4, 0.5) is 0 Å². The minimum absolute atomic E-state index is 0.0329. The van der Waals surface area contributed by atoms with Crippen molar-refractivity contribution in [3.63, 3.8) is 0 Å². The highest BCUT2D eigenvalue weighted by Crippen LogP contribution is 2.27. The first-order valence-electron chi connectivity index (χ1n) is 9.70. The van der Waals surface area contributed by atoms with E-state index in [0.717, 1.165) is 25.7 Å². The van der Waals surface area contributed by atoms with Crippen LogP contribution in [0.3, 0.4) is 0 Å². The zero-order valence-electron chi connectivity index (χ0n) is 17.2. The topological polar surface area (TPSA) is 124 Å². The highest BCUT2D eigenvalue weighted by Gasteiger charge is 2.13. The van der Waals surface area contributed by atoms with Crippen molar-refractivity contribution in [3.05, 3.63) is 47.5 Å². The third-order valence-corrected chi connectivity index (χ3v) is 4.85. The van der Waals surface area contributed by atoms with Gasteiger partial charge in [0.1, 0.15) is 23.0 Å². The molecule has 0 unspecified atom stereocenters. The van der Waals surface area contributed by atoms with E-state index in [0.29, 0.717) is 46.9 Å². The van der Waals surface area contributed by atoms with E-state index in [1.807, 2.05) is 0 Å². The summed E-state index contributed by atoms with van der Waals surface area (Å²) in [6, 6.07) is 9.54. The SMILES string of the molecule is COc1ccc(O)c(/C(CCCCCC/C(=N\O)c2cc(OC)ccc2O)=N/O)c1. The number of hydrogen-bond acceptors (Lipinski definition) is 8. The molecule has 0 saturated heterocycles. The third-order valence-electron chi connectivity index (χ3n) is 4.85. The normalized spacial score (nSPS) is 12.1. The maximum Gasteiger partial charge on any atom is 0.125 e. The van der Waals surface area contributed by atoms with Gasteiger partial charge in [-0.25, -0.2) is 0 Å². The number of phenols is 2. The molecule has 0 saturated carbocycles. The van der Waals surface area contributed by atoms with Gasteiger partial charge in [-0.1, -0.05) is 23.2 Å². The van der Waals surface area contributed by atoms with E-state index in [1.54, 1.807) is 24.3 Å². The lowest BCUT2D eigenvalue weighted by atomic mass is 9.99. The number of benzene rings is 2. The Bertz CT molecular complexity index is 822. The summed E-state index contributed by atoms with van der Waals surface area (Å²) in [5.74, 6) is 1.21. The van der Waals surface area contributed by atoms with Crippen LogP contribution in [0.5, 0.6) is 23.0 Å². The molecule has 0 aliphatic rings. The molecule has 2 aromatic carbocycles. The number of rotatable bonds is 11. The van der Waals surface area contributed by atoms with Crippen molar-refractivity contribution in [1.82, 2.24) is 0 Å². The maximum absolute atomic E-state index is 10.0. The zero-order valence-corrected chi connectivity index (χ0v) is 17.2. The van der Waals surface area contributed by atoms with Crippen LogP contribution in [-0.4, -0.2) is 46.3 Å². The average molecular weight is 416 g/mol. The molecule has 0 bridgehead atoms. The van der Waals surface area contributed by atoms with Crippen LogP contribution < -0.4 is 9.47 Å². The fraction of sp³-hybridized carbons (Fsp3) is 0.364. The zero-order chi connectivity index (χ0) is 21.9. The van der Waals surface area contributed by atoms with Crippen molar-refractivity contribution >= 4 is 11.4 Å². The smallest absolute Gasteiger partial charge is 0.125 e. The number of nitrogens with zero attached hydrogens (tertiary/aromatic N) is 2. The second-order valence-electron chi connectivity index (χ2n) is 6.77. The molecule has 0 heterocycles. The Morgan fingerprint density at radius 3 is 1.43 bits per heavy atom. The molecule has 8 heteroatoms. The van der Waals surface area contributed by atoms with E-state index in [-0.39, 0.29) is 11.5 Å². The summed E-state index contributed by atoms with van der Waals surface area (Å²) >= 11 is 0. The van der Waals surface area contributed by atoms with Crippen molar-refractivity contribution in [3.8, 4) is 23.0 Å². The maximum atomic E-state index is 10.0. The Kier molecular flexibility index (Phi) is 8.80. The summed E-state index contributed by atoms with van der Waals surface area (Å²) < 4.78 is 10.3. The molecule has 0 spiro atoms. The fourth-order valence-corrected chi connectivity index (χ4v) is 3.16. The molecule has 0 aliphatic carbocycles. The lowest BCUT2D eigenvalue weighted by Gasteiger charge is -2.10. The predicted molar refractivity (Wildman–Crippen MR) is 114 cm³/mol. The number of hydrogen-bond donors (Lipinski definition) is 4. The summed E-state index contributed by atoms with van der Waals surface area (Å²) in [5, 5.41) is 45.3. The van der Waals surface area contributed by atoms with Gasteiger partial charge in [-0.3, -0.25) is 0 Å². The lowest BCUT2D eigenvalue weighted by molar-refractivity contribution is 0.317. The molecule has 2 aromatic rings. The summed E-state index contributed by atoms with van der Waals surface area (Å²) in [7, 11) is 3.06. The van der Waals surface area contributed by atoms with E-state index in [4.69, 9.17) is 9.47 Å². The predicted octanol–water partition coefficient (Wildman–Crippen LogP) is 4.51. The van der Waals surface area contributed by atoms with Gasteiger partial charge in [0.05, 0.1) is 25.6 Å². The van der Waals surface area contributed by atoms with Crippen LogP contribution >= 0.6 is 0 Å². The van der Waals surface area contributed by atoms with Crippen molar-refractivity contribution < 1.29 is 30.1 Å². The second-order valence-corrected chi connectivity index (χ2v) is 6.77. The number of aromatic hydroxyl groups is 2. The van der Waals surface area contributed by atoms with Gasteiger partial charge in [0.25, 0.3) is 0 Å². The van der Waals surface area contributed by atoms with Gasteiger partial charge in [0.2, 0.25) is 0 Å². The summed E-state index contributed by atoms with van der Waals surface area (Å²) in [6.45, 7) is 0. The van der Waals surface area contributed by atoms with Crippen LogP contribution in [-0.2, 0) is 0 Å². The highest BCUT2D eigenvalue weighted by atomic mass is 16.5. The standard InChI is InChI=1S/C22H28N2O6/c1-29-15-9-11-21(25)17(13-15)19(23-27)7-5-3-4-6-8-20(24-28)18-14-16(30-2)10-12-22(18)26/h9-14,25-28H,3-8H2,1-2H3/b23-19+,24-20+. The fourth-order valence-electron chi connectivity index (χ4n) is 3.16. The van der Waals surface area contributed by atoms with Crippen molar-refractivity contribution in [2.24, 2.45) is 10.3 Å². The Morgan fingerprint density at radius 1 is 0.700 bits per heavy atom. The van der Waals surface area contributed by atoms with E-state index >= 15 is 0 Å². The van der Waals surface area contributed by atoms with Crippen LogP contribution in [0.25, 0.3) is 0 Å². The molecule has 162 valence electrons. The molecule has 0 aliphatic heterocycles. The van der Waals surface area contributed by atoms with Crippen molar-refractivity contribution in [2.75, 3.05) is 14.2 Å². The Hall–Kier alpha value is -3.42. The van der Waals surface area contributed by atoms with Gasteiger partial charge in [-0.05, 0) is 62.1 Å². The first-order chi connectivity index (χ1) is 14.5. The highest BCUT2D eigenvalue weighted by molar-refractivity contribution is 6.03. The van der Waals surface area contributed by atoms with Gasteiger partial charge < -0.3 is 30.1 Å². The van der Waals surface area contributed by atoms with Gasteiger partial charge in [-0.2, -0.15) is 0 Å². The molecule has 0 fully saturated rings. The molecule has 0 aromatic heterocycles. The van der Waals surface area contributed by atoms with Crippen LogP contribution in [0.2, 0.25) is 0 Å². The Labute approximate surface area is 175 Å². The lowest BCUT2D eigenvalue weighted by Crippen LogP contribution is -2.03. The van der Waals surface area contributed by atoms with Gasteiger partial charge >= 0.3 is 0 Å². The molecular formula is C22H28N2O6. The van der Waals surface area contributed by atoms with Crippen LogP contribution in [0.1, 0.15) is 49.7 Å². The van der Waals surface area contributed by atoms with Crippen molar-refractivity contribution in [1.29, 1.82) is 0 Å². The number of methoxy groups -OCH3 is 2. The number of unbranched alkanes of at least 4 members (excludes halogenated alkanes) is 3. The minimum Gasteiger partial charge on any atom is -0.507 e. The largest absolute Gasteiger partial charge is 0.507 e. The van der Waals surface area contributed by atoms with E-state index < -0.39 is 0 Å². The summed E-state index contributed by atoms with van der Waals surface area (Å²) in [4.78, 5) is 0. The number of ether oxygens (including phenoxy) is 2. The molecule has 0 amide bonds. The monoisotopic (exact) mass is 416 g/mol. The Morgan fingerprint density at radius 2 is 1.10 bits per heavy atom. The van der Waals surface area contributed by atoms with E-state index in [9.17, 15) is 20.6 Å². The Balaban J connectivity index is 1.84. The molecule has 8 nitrogen and oxygen atoms in total. The minimum atomic E-state index is 0.0329. The number of phenolic OH excluding ortho intramolecular Hbond substituents is 2. The van der Waals surface area contributed by atoms with Gasteiger partial charge in [0.15, 0.2) is 0 Å². The third kappa shape index (κ3) is 6.04. The van der Waals surface area contributed by atoms with Crippen LogP contribution in [0.15, 0.2) is 46.7 Å². The quantitative estimate of drug-likeness (QED) is 0.185. The van der Waals surface area contributed by atoms with Crippen LogP contribution in [0, 0.1) is 0 Å². The molecular weight excluding hydrogens is 388 g/mol. The van der Waals surface area contributed by atoms with E-state index in [1.165, 1.54) is 26.4 Å². The summed E-state index contributed by atoms with van der Waals surface area (Å²) in [5.41, 5.74) is 1.68. The van der Waals surface area contributed by atoms with Crippen molar-refractivity contribution in [2.45, 2.75) is 38.5 Å². The van der Waals surface area contributed by atoms with Gasteiger partial charge in [0, 0.05) is 11.1 Å². The first-order valence-corrected chi connectivity index (χ1v) is 9.70. The summed E-state index contributed by atoms with van der Waals surface area (Å²) in [6.07, 6.45) is 4.21. The molecule has 2 rings (SSSR count). The number of oxime groups is 2. The van der Waals surface area contributed by atoms with E-state index in [2.05, 4.69) is 10.3 Å². The van der Waals surface area contributed by atoms with Gasteiger partial charge in [-0.15, -0.1) is 0 Å².